The number of hydrogen-bond donors (Lipinski definition) is 7. The fourth-order valence-electron chi connectivity index (χ4n) is 7.41. The van der Waals surface area contributed by atoms with Crippen molar-refractivity contribution in [1.82, 2.24) is 29.1 Å². The number of ether oxygens (including phenoxy) is 5. The third-order valence-corrected chi connectivity index (χ3v) is 11.1. The molecule has 6 heterocycles. The Morgan fingerprint density at radius 3 is 1.50 bits per heavy atom. The standard InChI is InChI=1S/C32H25N3O8S.C11H13N3O5S/c36-29(19-10-4-1-5-11-19)40-18-23-25(42-30(37)20-12-6-2-7-13-20)26(43-31(38)21-14-8-3-9-15-21)28(41-23)35-22-16-17-33-24(22)27(44)34-32(35)39;15-3-5-7(16)8(17)10(19-5)14-4-1-2-12-6(4)9(20)13-11(14)18/h1-17,23,25-26,28,33H,18H2,(H,34,39,44);1-2,5,7-8,10,12,15-17H,3H2,(H,13,18,20). The van der Waals surface area contributed by atoms with Crippen LogP contribution in [0.15, 0.2) is 125 Å². The van der Waals surface area contributed by atoms with Gasteiger partial charge in [-0.2, -0.15) is 0 Å². The zero-order chi connectivity index (χ0) is 45.1. The van der Waals surface area contributed by atoms with Crippen LogP contribution >= 0.6 is 24.4 Å². The van der Waals surface area contributed by atoms with Crippen molar-refractivity contribution in [2.75, 3.05) is 13.2 Å². The zero-order valence-electron chi connectivity index (χ0n) is 33.1. The van der Waals surface area contributed by atoms with Crippen LogP contribution in [-0.4, -0.2) is 112 Å². The highest BCUT2D eigenvalue weighted by atomic mass is 32.1. The number of esters is 3. The van der Waals surface area contributed by atoms with Crippen molar-refractivity contribution in [1.29, 1.82) is 0 Å². The van der Waals surface area contributed by atoms with Crippen molar-refractivity contribution in [2.24, 2.45) is 0 Å². The molecule has 9 rings (SSSR count). The minimum Gasteiger partial charge on any atom is -0.459 e. The van der Waals surface area contributed by atoms with Gasteiger partial charge in [0.05, 0.1) is 45.4 Å². The summed E-state index contributed by atoms with van der Waals surface area (Å²) in [7, 11) is 0. The zero-order valence-corrected chi connectivity index (χ0v) is 34.8. The number of aliphatic hydroxyl groups is 3. The molecular formula is C43H38N6O13S2. The Bertz CT molecular complexity index is 3040. The quantitative estimate of drug-likeness (QED) is 0.0588. The predicted octanol–water partition coefficient (Wildman–Crippen LogP) is 3.59. The lowest BCUT2D eigenvalue weighted by Crippen LogP contribution is -2.42. The number of nitrogens with zero attached hydrogens (tertiary/aromatic N) is 2. The number of nitrogens with one attached hydrogen (secondary N) is 4. The fraction of sp³-hybridized carbons (Fsp3) is 0.233. The second kappa shape index (κ2) is 18.9. The molecule has 0 radical (unpaired) electrons. The normalized spacial score (nSPS) is 22.7. The molecule has 2 aliphatic heterocycles. The summed E-state index contributed by atoms with van der Waals surface area (Å²) in [4.78, 5) is 75.9. The van der Waals surface area contributed by atoms with Gasteiger partial charge < -0.3 is 49.0 Å². The minimum absolute atomic E-state index is 0.169. The van der Waals surface area contributed by atoms with Crippen LogP contribution in [0.4, 0.5) is 0 Å². The first-order valence-electron chi connectivity index (χ1n) is 19.6. The molecule has 64 heavy (non-hydrogen) atoms. The number of benzene rings is 3. The van der Waals surface area contributed by atoms with Gasteiger partial charge in [-0.3, -0.25) is 19.1 Å². The first-order chi connectivity index (χ1) is 30.9. The van der Waals surface area contributed by atoms with Crippen LogP contribution in [0.5, 0.6) is 0 Å². The lowest BCUT2D eigenvalue weighted by Gasteiger charge is -2.25. The van der Waals surface area contributed by atoms with Crippen molar-refractivity contribution in [3.8, 4) is 0 Å². The highest BCUT2D eigenvalue weighted by Gasteiger charge is 2.52. The molecule has 0 spiro atoms. The van der Waals surface area contributed by atoms with Gasteiger partial charge in [-0.05, 0) is 48.5 Å². The van der Waals surface area contributed by atoms with E-state index in [0.29, 0.717) is 27.6 Å². The summed E-state index contributed by atoms with van der Waals surface area (Å²) in [5.74, 6) is -2.11. The number of H-pyrrole nitrogens is 4. The largest absolute Gasteiger partial charge is 0.459 e. The van der Waals surface area contributed by atoms with Gasteiger partial charge in [0.1, 0.15) is 40.3 Å². The number of aromatic nitrogens is 6. The summed E-state index contributed by atoms with van der Waals surface area (Å²) in [6.45, 7) is -0.840. The summed E-state index contributed by atoms with van der Waals surface area (Å²) in [5.41, 5.74) is 1.33. The van der Waals surface area contributed by atoms with E-state index >= 15 is 0 Å². The van der Waals surface area contributed by atoms with Crippen LogP contribution in [0.2, 0.25) is 0 Å². The summed E-state index contributed by atoms with van der Waals surface area (Å²) in [6.07, 6.45) is -6.54. The van der Waals surface area contributed by atoms with E-state index in [0.717, 1.165) is 0 Å². The molecule has 8 unspecified atom stereocenters. The van der Waals surface area contributed by atoms with Crippen molar-refractivity contribution in [3.63, 3.8) is 0 Å². The van der Waals surface area contributed by atoms with Gasteiger partial charge in [0.2, 0.25) is 0 Å². The summed E-state index contributed by atoms with van der Waals surface area (Å²) in [6, 6.07) is 28.0. The predicted molar refractivity (Wildman–Crippen MR) is 230 cm³/mol. The first kappa shape index (κ1) is 43.8. The molecule has 0 bridgehead atoms. The topological polar surface area (TPSA) is 265 Å². The SMILES string of the molecule is O=C(OCC1OC(n2c(=O)[nH]c(=S)c3[nH]ccc32)C(OC(=O)c2ccccc2)C1OC(=O)c1ccccc1)c1ccccc1.O=c1[nH]c(=S)c2[nH]ccc2n1C1OC(CO)C(O)C1O. The molecule has 4 aromatic heterocycles. The lowest BCUT2D eigenvalue weighted by atomic mass is 10.1. The average molecular weight is 911 g/mol. The van der Waals surface area contributed by atoms with Crippen molar-refractivity contribution in [3.05, 3.63) is 162 Å². The molecule has 2 saturated heterocycles. The maximum absolute atomic E-state index is 13.4. The molecule has 2 fully saturated rings. The van der Waals surface area contributed by atoms with E-state index in [1.165, 1.54) is 9.13 Å². The lowest BCUT2D eigenvalue weighted by molar-refractivity contribution is -0.0620. The Morgan fingerprint density at radius 2 is 1.03 bits per heavy atom. The van der Waals surface area contributed by atoms with Crippen LogP contribution in [0.1, 0.15) is 43.5 Å². The highest BCUT2D eigenvalue weighted by molar-refractivity contribution is 7.71. The smallest absolute Gasteiger partial charge is 0.338 e. The van der Waals surface area contributed by atoms with E-state index in [1.54, 1.807) is 116 Å². The van der Waals surface area contributed by atoms with Gasteiger partial charge in [-0.1, -0.05) is 79.0 Å². The average Bonchev–Trinajstić information content (AvgIpc) is 4.12. The monoisotopic (exact) mass is 910 g/mol. The molecule has 0 aliphatic carbocycles. The third-order valence-electron chi connectivity index (χ3n) is 10.5. The van der Waals surface area contributed by atoms with Crippen molar-refractivity contribution >= 4 is 64.4 Å². The molecule has 21 heteroatoms. The van der Waals surface area contributed by atoms with Crippen LogP contribution < -0.4 is 11.4 Å². The van der Waals surface area contributed by atoms with E-state index in [2.05, 4.69) is 19.9 Å². The Labute approximate surface area is 370 Å². The number of hydrogen-bond acceptors (Lipinski definition) is 15. The van der Waals surface area contributed by atoms with Crippen molar-refractivity contribution < 1.29 is 53.4 Å². The Kier molecular flexibility index (Phi) is 12.9. The molecule has 0 amide bonds. The van der Waals surface area contributed by atoms with E-state index in [1.807, 2.05) is 0 Å². The van der Waals surface area contributed by atoms with E-state index in [-0.39, 0.29) is 27.0 Å². The molecule has 7 aromatic rings. The molecule has 330 valence electrons. The Balaban J connectivity index is 0.000000233. The van der Waals surface area contributed by atoms with Gasteiger partial charge in [0.15, 0.2) is 24.7 Å². The van der Waals surface area contributed by atoms with Gasteiger partial charge in [-0.15, -0.1) is 0 Å². The molecule has 7 N–H and O–H groups in total. The minimum atomic E-state index is -1.35. The second-order valence-corrected chi connectivity index (χ2v) is 15.3. The van der Waals surface area contributed by atoms with Gasteiger partial charge >= 0.3 is 29.3 Å². The summed E-state index contributed by atoms with van der Waals surface area (Å²) < 4.78 is 31.9. The van der Waals surface area contributed by atoms with Crippen LogP contribution in [-0.2, 0) is 23.7 Å². The van der Waals surface area contributed by atoms with Gasteiger partial charge in [0, 0.05) is 12.4 Å². The maximum Gasteiger partial charge on any atom is 0.338 e. The fourth-order valence-corrected chi connectivity index (χ4v) is 7.91. The highest BCUT2D eigenvalue weighted by Crippen LogP contribution is 2.36. The van der Waals surface area contributed by atoms with E-state index in [9.17, 15) is 34.2 Å². The Morgan fingerprint density at radius 1 is 0.594 bits per heavy atom. The van der Waals surface area contributed by atoms with Gasteiger partial charge in [0.25, 0.3) is 0 Å². The number of aliphatic hydroxyl groups excluding tert-OH is 3. The Hall–Kier alpha value is -6.85. The molecular weight excluding hydrogens is 873 g/mol. The maximum atomic E-state index is 13.4. The number of fused-ring (bicyclic) bond motifs is 2. The first-order valence-corrected chi connectivity index (χ1v) is 20.4. The summed E-state index contributed by atoms with van der Waals surface area (Å²) >= 11 is 10.3. The number of aromatic amines is 4. The molecule has 8 atom stereocenters. The van der Waals surface area contributed by atoms with Crippen molar-refractivity contribution in [2.45, 2.75) is 49.1 Å². The van der Waals surface area contributed by atoms with Crippen LogP contribution in [0.3, 0.4) is 0 Å². The van der Waals surface area contributed by atoms with E-state index in [4.69, 9.17) is 53.2 Å². The second-order valence-electron chi connectivity index (χ2n) is 14.5. The molecule has 2 aliphatic rings. The number of rotatable bonds is 10. The molecule has 19 nitrogen and oxygen atoms in total. The molecule has 0 saturated carbocycles. The third kappa shape index (κ3) is 8.72. The van der Waals surface area contributed by atoms with Crippen LogP contribution in [0.25, 0.3) is 22.1 Å². The van der Waals surface area contributed by atoms with E-state index < -0.39 is 85.0 Å². The molecule has 3 aromatic carbocycles. The number of carbonyl (C=O) groups excluding carboxylic acids is 3. The summed E-state index contributed by atoms with van der Waals surface area (Å²) in [5, 5.41) is 28.9. The number of carbonyl (C=O) groups is 3. The van der Waals surface area contributed by atoms with Gasteiger partial charge in [-0.25, -0.2) is 24.0 Å². The van der Waals surface area contributed by atoms with Crippen LogP contribution in [0, 0.1) is 9.28 Å².